The normalized spacial score (nSPS) is 26.9. The Balaban J connectivity index is 1.69. The van der Waals surface area contributed by atoms with Gasteiger partial charge in [-0.1, -0.05) is 38.8 Å². The molecule has 1 N–H and O–H groups in total. The van der Waals surface area contributed by atoms with Gasteiger partial charge in [-0.05, 0) is 42.4 Å². The summed E-state index contributed by atoms with van der Waals surface area (Å²) >= 11 is 0. The number of ether oxygens (including phenoxy) is 1. The van der Waals surface area contributed by atoms with Crippen LogP contribution >= 0.6 is 0 Å². The highest BCUT2D eigenvalue weighted by molar-refractivity contribution is 5.40. The standard InChI is InChI=1S/C18H27NO/c1-3-17(19-16-6-4-5-13(2)11-16)14-7-8-18-15(12-14)9-10-20-18/h7-8,12-13,16-17,19H,3-6,9-11H2,1-2H3. The van der Waals surface area contributed by atoms with Crippen molar-refractivity contribution in [1.29, 1.82) is 0 Å². The third-order valence-corrected chi connectivity index (χ3v) is 4.90. The van der Waals surface area contributed by atoms with Gasteiger partial charge in [0.15, 0.2) is 0 Å². The third-order valence-electron chi connectivity index (χ3n) is 4.90. The molecule has 1 fully saturated rings. The van der Waals surface area contributed by atoms with Gasteiger partial charge >= 0.3 is 0 Å². The molecule has 3 atom stereocenters. The maximum atomic E-state index is 5.61. The topological polar surface area (TPSA) is 21.3 Å². The number of nitrogens with one attached hydrogen (secondary N) is 1. The predicted octanol–water partition coefficient (Wildman–Crippen LogP) is 4.24. The second-order valence-corrected chi connectivity index (χ2v) is 6.56. The molecule has 0 bridgehead atoms. The first kappa shape index (κ1) is 13.9. The van der Waals surface area contributed by atoms with Crippen LogP contribution in [0.4, 0.5) is 0 Å². The lowest BCUT2D eigenvalue weighted by atomic mass is 9.86. The van der Waals surface area contributed by atoms with E-state index in [1.54, 1.807) is 0 Å². The number of fused-ring (bicyclic) bond motifs is 1. The van der Waals surface area contributed by atoms with E-state index in [-0.39, 0.29) is 0 Å². The van der Waals surface area contributed by atoms with Crippen molar-refractivity contribution in [3.8, 4) is 5.75 Å². The molecule has 1 saturated carbocycles. The zero-order valence-corrected chi connectivity index (χ0v) is 12.8. The summed E-state index contributed by atoms with van der Waals surface area (Å²) in [5, 5.41) is 3.90. The molecule has 0 radical (unpaired) electrons. The van der Waals surface area contributed by atoms with E-state index in [1.165, 1.54) is 36.8 Å². The zero-order chi connectivity index (χ0) is 13.9. The molecular formula is C18H27NO. The van der Waals surface area contributed by atoms with E-state index in [9.17, 15) is 0 Å². The minimum atomic E-state index is 0.496. The van der Waals surface area contributed by atoms with Gasteiger partial charge in [-0.15, -0.1) is 0 Å². The van der Waals surface area contributed by atoms with Crippen LogP contribution in [-0.4, -0.2) is 12.6 Å². The van der Waals surface area contributed by atoms with E-state index in [4.69, 9.17) is 4.74 Å². The molecule has 1 heterocycles. The van der Waals surface area contributed by atoms with Crippen molar-refractivity contribution < 1.29 is 4.74 Å². The van der Waals surface area contributed by atoms with Gasteiger partial charge in [-0.3, -0.25) is 0 Å². The van der Waals surface area contributed by atoms with Crippen LogP contribution in [0.5, 0.6) is 5.75 Å². The molecule has 1 aromatic carbocycles. The van der Waals surface area contributed by atoms with Crippen molar-refractivity contribution in [3.63, 3.8) is 0 Å². The first-order valence-electron chi connectivity index (χ1n) is 8.28. The molecule has 3 rings (SSSR count). The summed E-state index contributed by atoms with van der Waals surface area (Å²) in [5.41, 5.74) is 2.83. The molecule has 2 nitrogen and oxygen atoms in total. The van der Waals surface area contributed by atoms with Crippen molar-refractivity contribution in [1.82, 2.24) is 5.32 Å². The predicted molar refractivity (Wildman–Crippen MR) is 83.2 cm³/mol. The summed E-state index contributed by atoms with van der Waals surface area (Å²) < 4.78 is 5.61. The Morgan fingerprint density at radius 3 is 3.05 bits per heavy atom. The average Bonchev–Trinajstić information content (AvgIpc) is 2.92. The smallest absolute Gasteiger partial charge is 0.122 e. The van der Waals surface area contributed by atoms with Crippen LogP contribution in [0, 0.1) is 5.92 Å². The largest absolute Gasteiger partial charge is 0.493 e. The quantitative estimate of drug-likeness (QED) is 0.886. The zero-order valence-electron chi connectivity index (χ0n) is 12.8. The molecule has 1 aliphatic carbocycles. The summed E-state index contributed by atoms with van der Waals surface area (Å²) in [6.07, 6.45) is 7.70. The molecule has 1 aliphatic heterocycles. The highest BCUT2D eigenvalue weighted by Gasteiger charge is 2.22. The minimum absolute atomic E-state index is 0.496. The van der Waals surface area contributed by atoms with E-state index in [1.807, 2.05) is 0 Å². The molecule has 3 unspecified atom stereocenters. The van der Waals surface area contributed by atoms with E-state index >= 15 is 0 Å². The molecule has 0 spiro atoms. The lowest BCUT2D eigenvalue weighted by Crippen LogP contribution is -2.36. The first-order valence-corrected chi connectivity index (χ1v) is 8.28. The van der Waals surface area contributed by atoms with Crippen LogP contribution in [0.1, 0.15) is 63.1 Å². The summed E-state index contributed by atoms with van der Waals surface area (Å²) in [5.74, 6) is 1.97. The Morgan fingerprint density at radius 2 is 2.25 bits per heavy atom. The van der Waals surface area contributed by atoms with E-state index < -0.39 is 0 Å². The Morgan fingerprint density at radius 1 is 1.35 bits per heavy atom. The van der Waals surface area contributed by atoms with Crippen molar-refractivity contribution in [3.05, 3.63) is 29.3 Å². The lowest BCUT2D eigenvalue weighted by molar-refractivity contribution is 0.278. The molecule has 110 valence electrons. The molecule has 1 aromatic rings. The summed E-state index contributed by atoms with van der Waals surface area (Å²) in [6, 6.07) is 7.96. The first-order chi connectivity index (χ1) is 9.76. The number of hydrogen-bond acceptors (Lipinski definition) is 2. The van der Waals surface area contributed by atoms with Crippen LogP contribution in [0.15, 0.2) is 18.2 Å². The fourth-order valence-electron chi connectivity index (χ4n) is 3.74. The Bertz CT molecular complexity index is 457. The molecule has 0 aromatic heterocycles. The third kappa shape index (κ3) is 3.01. The van der Waals surface area contributed by atoms with Crippen LogP contribution in [-0.2, 0) is 6.42 Å². The van der Waals surface area contributed by atoms with Crippen molar-refractivity contribution in [2.24, 2.45) is 5.92 Å². The van der Waals surface area contributed by atoms with Gasteiger partial charge in [0.2, 0.25) is 0 Å². The lowest BCUT2D eigenvalue weighted by Gasteiger charge is -2.31. The highest BCUT2D eigenvalue weighted by Crippen LogP contribution is 2.31. The van der Waals surface area contributed by atoms with Crippen LogP contribution in [0.3, 0.4) is 0 Å². The number of benzene rings is 1. The summed E-state index contributed by atoms with van der Waals surface area (Å²) in [6.45, 7) is 5.53. The number of hydrogen-bond donors (Lipinski definition) is 1. The second-order valence-electron chi connectivity index (χ2n) is 6.56. The van der Waals surface area contributed by atoms with Gasteiger partial charge in [-0.2, -0.15) is 0 Å². The van der Waals surface area contributed by atoms with Crippen molar-refractivity contribution in [2.75, 3.05) is 6.61 Å². The van der Waals surface area contributed by atoms with Gasteiger partial charge in [0.25, 0.3) is 0 Å². The van der Waals surface area contributed by atoms with Crippen LogP contribution in [0.2, 0.25) is 0 Å². The van der Waals surface area contributed by atoms with Gasteiger partial charge in [-0.25, -0.2) is 0 Å². The van der Waals surface area contributed by atoms with E-state index in [0.717, 1.165) is 31.1 Å². The van der Waals surface area contributed by atoms with Gasteiger partial charge in [0.05, 0.1) is 6.61 Å². The fourth-order valence-corrected chi connectivity index (χ4v) is 3.74. The van der Waals surface area contributed by atoms with Crippen molar-refractivity contribution in [2.45, 2.75) is 64.5 Å². The fraction of sp³-hybridized carbons (Fsp3) is 0.667. The molecule has 20 heavy (non-hydrogen) atoms. The second kappa shape index (κ2) is 6.17. The average molecular weight is 273 g/mol. The monoisotopic (exact) mass is 273 g/mol. The Labute approximate surface area is 122 Å². The summed E-state index contributed by atoms with van der Waals surface area (Å²) in [4.78, 5) is 0. The minimum Gasteiger partial charge on any atom is -0.493 e. The highest BCUT2D eigenvalue weighted by atomic mass is 16.5. The molecule has 0 amide bonds. The maximum absolute atomic E-state index is 5.61. The Hall–Kier alpha value is -1.02. The molecule has 2 aliphatic rings. The van der Waals surface area contributed by atoms with Gasteiger partial charge < -0.3 is 10.1 Å². The summed E-state index contributed by atoms with van der Waals surface area (Å²) in [7, 11) is 0. The SMILES string of the molecule is CCC(NC1CCCC(C)C1)c1ccc2c(c1)CCO2. The van der Waals surface area contributed by atoms with E-state index in [0.29, 0.717) is 12.1 Å². The Kier molecular flexibility index (Phi) is 4.30. The molecule has 2 heteroatoms. The van der Waals surface area contributed by atoms with Crippen molar-refractivity contribution >= 4 is 0 Å². The molecule has 0 saturated heterocycles. The van der Waals surface area contributed by atoms with Gasteiger partial charge in [0, 0.05) is 18.5 Å². The van der Waals surface area contributed by atoms with Gasteiger partial charge in [0.1, 0.15) is 5.75 Å². The molecular weight excluding hydrogens is 246 g/mol. The van der Waals surface area contributed by atoms with Crippen LogP contribution < -0.4 is 10.1 Å². The van der Waals surface area contributed by atoms with E-state index in [2.05, 4.69) is 37.4 Å². The maximum Gasteiger partial charge on any atom is 0.122 e. The van der Waals surface area contributed by atoms with Crippen LogP contribution in [0.25, 0.3) is 0 Å². The number of rotatable bonds is 4.